The molecule has 0 saturated heterocycles. The first-order valence-electron chi connectivity index (χ1n) is 6.97. The molecule has 24 heavy (non-hydrogen) atoms. The highest BCUT2D eigenvalue weighted by Gasteiger charge is 2.30. The van der Waals surface area contributed by atoms with Crippen LogP contribution in [0.4, 0.5) is 13.2 Å². The van der Waals surface area contributed by atoms with Crippen molar-refractivity contribution in [3.63, 3.8) is 0 Å². The van der Waals surface area contributed by atoms with Gasteiger partial charge in [-0.3, -0.25) is 4.98 Å². The van der Waals surface area contributed by atoms with Gasteiger partial charge < -0.3 is 4.42 Å². The van der Waals surface area contributed by atoms with Crippen LogP contribution in [0.25, 0.3) is 11.6 Å². The van der Waals surface area contributed by atoms with Crippen LogP contribution in [0.2, 0.25) is 0 Å². The molecule has 0 N–H and O–H groups in total. The number of nitrogens with zero attached hydrogens (tertiary/aromatic N) is 3. The van der Waals surface area contributed by atoms with Crippen LogP contribution in [0.5, 0.6) is 0 Å². The number of benzene rings is 1. The molecule has 0 atom stereocenters. The molecule has 0 spiro atoms. The lowest BCUT2D eigenvalue weighted by molar-refractivity contribution is -0.137. The van der Waals surface area contributed by atoms with Gasteiger partial charge in [0.1, 0.15) is 5.69 Å². The second-order valence-corrected chi connectivity index (χ2v) is 6.00. The molecule has 1 aromatic carbocycles. The van der Waals surface area contributed by atoms with E-state index in [1.807, 2.05) is 31.2 Å². The van der Waals surface area contributed by atoms with Gasteiger partial charge >= 0.3 is 6.18 Å². The molecule has 0 saturated carbocycles. The Balaban J connectivity index is 1.68. The van der Waals surface area contributed by atoms with Crippen LogP contribution in [0, 0.1) is 6.92 Å². The standard InChI is InChI=1S/C16H12F3N3OS/c1-10-2-4-11(5-3-10)9-24-15-22-21-14(23-15)13-7-6-12(8-20-13)16(17,18)19/h2-8H,9H2,1H3. The van der Waals surface area contributed by atoms with E-state index < -0.39 is 11.7 Å². The summed E-state index contributed by atoms with van der Waals surface area (Å²) >= 11 is 1.35. The highest BCUT2D eigenvalue weighted by Crippen LogP contribution is 2.30. The number of aromatic nitrogens is 3. The summed E-state index contributed by atoms with van der Waals surface area (Å²) in [7, 11) is 0. The van der Waals surface area contributed by atoms with Crippen molar-refractivity contribution >= 4 is 11.8 Å². The van der Waals surface area contributed by atoms with E-state index in [1.54, 1.807) is 0 Å². The molecule has 2 aromatic heterocycles. The Kier molecular flexibility index (Phi) is 4.57. The average Bonchev–Trinajstić information content (AvgIpc) is 3.03. The van der Waals surface area contributed by atoms with Gasteiger partial charge in [0, 0.05) is 11.9 Å². The first kappa shape index (κ1) is 16.5. The number of thioether (sulfide) groups is 1. The molecule has 0 fully saturated rings. The molecule has 0 radical (unpaired) electrons. The molecule has 3 aromatic rings. The average molecular weight is 351 g/mol. The van der Waals surface area contributed by atoms with E-state index in [0.717, 1.165) is 17.8 Å². The minimum Gasteiger partial charge on any atom is -0.410 e. The fourth-order valence-electron chi connectivity index (χ4n) is 1.89. The van der Waals surface area contributed by atoms with E-state index in [0.29, 0.717) is 11.0 Å². The van der Waals surface area contributed by atoms with Gasteiger partial charge in [0.25, 0.3) is 11.1 Å². The highest BCUT2D eigenvalue weighted by atomic mass is 32.2. The molecular weight excluding hydrogens is 339 g/mol. The number of hydrogen-bond donors (Lipinski definition) is 0. The molecule has 0 amide bonds. The zero-order valence-electron chi connectivity index (χ0n) is 12.5. The predicted molar refractivity (Wildman–Crippen MR) is 83.3 cm³/mol. The lowest BCUT2D eigenvalue weighted by atomic mass is 10.2. The SMILES string of the molecule is Cc1ccc(CSc2nnc(-c3ccc(C(F)(F)F)cn3)o2)cc1. The lowest BCUT2D eigenvalue weighted by Gasteiger charge is -2.05. The summed E-state index contributed by atoms with van der Waals surface area (Å²) in [6, 6.07) is 10.2. The Morgan fingerprint density at radius 1 is 1.04 bits per heavy atom. The summed E-state index contributed by atoms with van der Waals surface area (Å²) in [5.41, 5.74) is 1.67. The van der Waals surface area contributed by atoms with Crippen molar-refractivity contribution in [2.75, 3.05) is 0 Å². The Morgan fingerprint density at radius 3 is 2.42 bits per heavy atom. The molecule has 0 aliphatic heterocycles. The van der Waals surface area contributed by atoms with E-state index in [9.17, 15) is 13.2 Å². The molecule has 2 heterocycles. The van der Waals surface area contributed by atoms with Crippen molar-refractivity contribution < 1.29 is 17.6 Å². The number of alkyl halides is 3. The summed E-state index contributed by atoms with van der Waals surface area (Å²) < 4.78 is 43.0. The van der Waals surface area contributed by atoms with E-state index in [2.05, 4.69) is 15.2 Å². The second kappa shape index (κ2) is 6.64. The Labute approximate surface area is 140 Å². The highest BCUT2D eigenvalue weighted by molar-refractivity contribution is 7.98. The molecule has 3 rings (SSSR count). The maximum atomic E-state index is 12.5. The number of rotatable bonds is 4. The van der Waals surface area contributed by atoms with Gasteiger partial charge in [-0.05, 0) is 24.6 Å². The van der Waals surface area contributed by atoms with E-state index in [4.69, 9.17) is 4.42 Å². The Morgan fingerprint density at radius 2 is 1.79 bits per heavy atom. The number of halogens is 3. The minimum absolute atomic E-state index is 0.0927. The van der Waals surface area contributed by atoms with Crippen LogP contribution in [-0.2, 0) is 11.9 Å². The zero-order valence-corrected chi connectivity index (χ0v) is 13.4. The molecule has 0 aliphatic carbocycles. The van der Waals surface area contributed by atoms with Crippen LogP contribution < -0.4 is 0 Å². The zero-order chi connectivity index (χ0) is 17.2. The maximum Gasteiger partial charge on any atom is 0.417 e. The summed E-state index contributed by atoms with van der Waals surface area (Å²) in [5, 5.41) is 8.04. The molecule has 0 aliphatic rings. The Hall–Kier alpha value is -2.35. The van der Waals surface area contributed by atoms with Crippen molar-refractivity contribution in [2.45, 2.75) is 24.1 Å². The van der Waals surface area contributed by atoms with E-state index in [-0.39, 0.29) is 11.6 Å². The molecule has 124 valence electrons. The summed E-state index contributed by atoms with van der Waals surface area (Å²) in [6.45, 7) is 2.01. The fourth-order valence-corrected chi connectivity index (χ4v) is 2.61. The second-order valence-electron chi connectivity index (χ2n) is 5.08. The van der Waals surface area contributed by atoms with Crippen molar-refractivity contribution in [2.24, 2.45) is 0 Å². The molecule has 0 bridgehead atoms. The molecular formula is C16H12F3N3OS. The number of pyridine rings is 1. The topological polar surface area (TPSA) is 51.8 Å². The van der Waals surface area contributed by atoms with Gasteiger partial charge in [-0.2, -0.15) is 13.2 Å². The van der Waals surface area contributed by atoms with Crippen LogP contribution in [0.1, 0.15) is 16.7 Å². The monoisotopic (exact) mass is 351 g/mol. The smallest absolute Gasteiger partial charge is 0.410 e. The lowest BCUT2D eigenvalue weighted by Crippen LogP contribution is -2.05. The minimum atomic E-state index is -4.42. The quantitative estimate of drug-likeness (QED) is 0.635. The first-order chi connectivity index (χ1) is 11.4. The van der Waals surface area contributed by atoms with Crippen LogP contribution in [0.15, 0.2) is 52.2 Å². The first-order valence-corrected chi connectivity index (χ1v) is 7.96. The molecule has 4 nitrogen and oxygen atoms in total. The van der Waals surface area contributed by atoms with Crippen molar-refractivity contribution in [3.8, 4) is 11.6 Å². The van der Waals surface area contributed by atoms with Crippen LogP contribution in [-0.4, -0.2) is 15.2 Å². The molecule has 0 unspecified atom stereocenters. The van der Waals surface area contributed by atoms with Gasteiger partial charge in [0.05, 0.1) is 5.56 Å². The predicted octanol–water partition coefficient (Wildman–Crippen LogP) is 4.75. The van der Waals surface area contributed by atoms with Crippen molar-refractivity contribution in [1.82, 2.24) is 15.2 Å². The summed E-state index contributed by atoms with van der Waals surface area (Å²) in [5.74, 6) is 0.748. The van der Waals surface area contributed by atoms with Gasteiger partial charge in [-0.25, -0.2) is 0 Å². The molecule has 8 heteroatoms. The van der Waals surface area contributed by atoms with Gasteiger partial charge in [-0.1, -0.05) is 41.6 Å². The van der Waals surface area contributed by atoms with Crippen molar-refractivity contribution in [1.29, 1.82) is 0 Å². The van der Waals surface area contributed by atoms with Crippen molar-refractivity contribution in [3.05, 3.63) is 59.3 Å². The number of aryl methyl sites for hydroxylation is 1. The van der Waals surface area contributed by atoms with E-state index in [1.165, 1.54) is 23.4 Å². The Bertz CT molecular complexity index is 814. The normalized spacial score (nSPS) is 11.7. The van der Waals surface area contributed by atoms with E-state index >= 15 is 0 Å². The maximum absolute atomic E-state index is 12.5. The van der Waals surface area contributed by atoms with Gasteiger partial charge in [-0.15, -0.1) is 10.2 Å². The third kappa shape index (κ3) is 3.94. The summed E-state index contributed by atoms with van der Waals surface area (Å²) in [6.07, 6.45) is -3.67. The van der Waals surface area contributed by atoms with Gasteiger partial charge in [0.15, 0.2) is 0 Å². The third-order valence-corrected chi connectivity index (χ3v) is 4.09. The fraction of sp³-hybridized carbons (Fsp3) is 0.188. The summed E-state index contributed by atoms with van der Waals surface area (Å²) in [4.78, 5) is 3.73. The third-order valence-electron chi connectivity index (χ3n) is 3.20. The van der Waals surface area contributed by atoms with Crippen LogP contribution in [0.3, 0.4) is 0 Å². The van der Waals surface area contributed by atoms with Gasteiger partial charge in [0.2, 0.25) is 0 Å². The van der Waals surface area contributed by atoms with Crippen LogP contribution >= 0.6 is 11.8 Å². The number of hydrogen-bond acceptors (Lipinski definition) is 5. The largest absolute Gasteiger partial charge is 0.417 e.